The van der Waals surface area contributed by atoms with Crippen LogP contribution in [0.1, 0.15) is 5.56 Å². The fourth-order valence-electron chi connectivity index (χ4n) is 0.700. The van der Waals surface area contributed by atoms with Crippen LogP contribution in [0.15, 0.2) is 12.1 Å². The van der Waals surface area contributed by atoms with E-state index in [2.05, 4.69) is 0 Å². The quantitative estimate of drug-likeness (QED) is 0.546. The molecule has 0 aliphatic carbocycles. The van der Waals surface area contributed by atoms with E-state index in [1.165, 1.54) is 12.1 Å². The fourth-order valence-corrected chi connectivity index (χ4v) is 2.49. The van der Waals surface area contributed by atoms with Gasteiger partial charge in [0.1, 0.15) is 5.82 Å². The summed E-state index contributed by atoms with van der Waals surface area (Å²) in [7, 11) is 0. The topological polar surface area (TPSA) is 0 Å². The summed E-state index contributed by atoms with van der Waals surface area (Å²) in [6, 6.07) is 2.67. The van der Waals surface area contributed by atoms with Crippen LogP contribution in [0.4, 0.5) is 4.39 Å². The zero-order valence-electron chi connectivity index (χ0n) is 5.37. The van der Waals surface area contributed by atoms with Gasteiger partial charge >= 0.3 is 0 Å². The maximum atomic E-state index is 12.6. The summed E-state index contributed by atoms with van der Waals surface area (Å²) in [5, 5.41) is 0.393. The zero-order valence-corrected chi connectivity index (χ0v) is 9.04. The average Bonchev–Trinajstić information content (AvgIpc) is 1.85. The van der Waals surface area contributed by atoms with E-state index in [1.807, 2.05) is 22.6 Å². The summed E-state index contributed by atoms with van der Waals surface area (Å²) >= 11 is 13.3. The second-order valence-corrected chi connectivity index (χ2v) is 3.82. The normalized spacial score (nSPS) is 10.2. The molecule has 0 fully saturated rings. The average molecular weight is 305 g/mol. The zero-order chi connectivity index (χ0) is 8.43. The van der Waals surface area contributed by atoms with E-state index < -0.39 is 0 Å². The van der Waals surface area contributed by atoms with Crippen molar-refractivity contribution in [2.24, 2.45) is 0 Å². The number of hydrogen-bond donors (Lipinski definition) is 0. The van der Waals surface area contributed by atoms with Crippen LogP contribution in [-0.4, -0.2) is 0 Å². The lowest BCUT2D eigenvalue weighted by Crippen LogP contribution is -1.88. The first kappa shape index (κ1) is 9.55. The number of benzene rings is 1. The van der Waals surface area contributed by atoms with E-state index in [9.17, 15) is 4.39 Å². The Morgan fingerprint density at radius 3 is 2.55 bits per heavy atom. The van der Waals surface area contributed by atoms with Crippen LogP contribution in [-0.2, 0) is 5.88 Å². The Kier molecular flexibility index (Phi) is 3.40. The highest BCUT2D eigenvalue weighted by atomic mass is 127. The van der Waals surface area contributed by atoms with Crippen molar-refractivity contribution in [2.75, 3.05) is 0 Å². The summed E-state index contributed by atoms with van der Waals surface area (Å²) in [5.74, 6) is -0.00883. The van der Waals surface area contributed by atoms with Crippen LogP contribution >= 0.6 is 45.8 Å². The Morgan fingerprint density at radius 2 is 2.09 bits per heavy atom. The lowest BCUT2D eigenvalue weighted by Gasteiger charge is -2.02. The molecule has 0 nitrogen and oxygen atoms in total. The van der Waals surface area contributed by atoms with Gasteiger partial charge in [0.25, 0.3) is 0 Å². The molecule has 60 valence electrons. The Hall–Kier alpha value is 0.460. The van der Waals surface area contributed by atoms with E-state index in [4.69, 9.17) is 23.2 Å². The Labute approximate surface area is 87.8 Å². The number of alkyl halides is 1. The van der Waals surface area contributed by atoms with Gasteiger partial charge in [0.15, 0.2) is 0 Å². The Bertz CT molecular complexity index is 252. The number of hydrogen-bond acceptors (Lipinski definition) is 0. The number of halogens is 4. The summed E-state index contributed by atoms with van der Waals surface area (Å²) in [6.07, 6.45) is 0. The van der Waals surface area contributed by atoms with E-state index >= 15 is 0 Å². The summed E-state index contributed by atoms with van der Waals surface area (Å²) in [5.41, 5.74) is 0.787. The molecule has 0 N–H and O–H groups in total. The van der Waals surface area contributed by atoms with Gasteiger partial charge in [0.05, 0.1) is 0 Å². The van der Waals surface area contributed by atoms with Crippen molar-refractivity contribution in [3.8, 4) is 0 Å². The fraction of sp³-hybridized carbons (Fsp3) is 0.143. The van der Waals surface area contributed by atoms with Crippen molar-refractivity contribution in [3.05, 3.63) is 32.1 Å². The second kappa shape index (κ2) is 3.92. The molecule has 0 spiro atoms. The van der Waals surface area contributed by atoms with Crippen molar-refractivity contribution in [1.82, 2.24) is 0 Å². The van der Waals surface area contributed by atoms with Crippen molar-refractivity contribution >= 4 is 45.8 Å². The first-order valence-electron chi connectivity index (χ1n) is 2.84. The second-order valence-electron chi connectivity index (χ2n) is 1.98. The predicted molar refractivity (Wildman–Crippen MR) is 53.7 cm³/mol. The molecule has 0 aliphatic rings. The molecule has 0 radical (unpaired) electrons. The van der Waals surface area contributed by atoms with Gasteiger partial charge in [-0.2, -0.15) is 0 Å². The molecule has 0 atom stereocenters. The van der Waals surface area contributed by atoms with Crippen LogP contribution in [0.2, 0.25) is 5.02 Å². The number of rotatable bonds is 1. The molecule has 0 saturated carbocycles. The molecule has 1 aromatic rings. The molecule has 0 unspecified atom stereocenters. The molecule has 0 aliphatic heterocycles. The Morgan fingerprint density at radius 1 is 1.45 bits per heavy atom. The molecule has 0 saturated heterocycles. The summed E-state index contributed by atoms with van der Waals surface area (Å²) < 4.78 is 13.4. The van der Waals surface area contributed by atoms with Crippen LogP contribution in [0, 0.1) is 9.39 Å². The van der Waals surface area contributed by atoms with Crippen molar-refractivity contribution in [2.45, 2.75) is 5.88 Å². The van der Waals surface area contributed by atoms with Gasteiger partial charge in [-0.25, -0.2) is 4.39 Å². The van der Waals surface area contributed by atoms with E-state index in [1.54, 1.807) is 0 Å². The van der Waals surface area contributed by atoms with E-state index in [0.717, 1.165) is 9.13 Å². The minimum Gasteiger partial charge on any atom is -0.207 e. The molecule has 4 heteroatoms. The highest BCUT2D eigenvalue weighted by Crippen LogP contribution is 2.24. The monoisotopic (exact) mass is 304 g/mol. The highest BCUT2D eigenvalue weighted by molar-refractivity contribution is 14.1. The molecule has 0 bridgehead atoms. The minimum absolute atomic E-state index is 0.317. The van der Waals surface area contributed by atoms with Gasteiger partial charge in [-0.1, -0.05) is 11.6 Å². The maximum Gasteiger partial charge on any atom is 0.125 e. The maximum absolute atomic E-state index is 12.6. The minimum atomic E-state index is -0.326. The van der Waals surface area contributed by atoms with Gasteiger partial charge in [0.2, 0.25) is 0 Å². The van der Waals surface area contributed by atoms with Crippen LogP contribution in [0.5, 0.6) is 0 Å². The molecular formula is C7H4Cl2FI. The standard InChI is InChI=1S/C7H4Cl2FI/c8-3-5-6(9)1-4(10)2-7(5)11/h1-2H,3H2. The van der Waals surface area contributed by atoms with Crippen molar-refractivity contribution in [3.63, 3.8) is 0 Å². The van der Waals surface area contributed by atoms with Crippen LogP contribution < -0.4 is 0 Å². The van der Waals surface area contributed by atoms with Crippen LogP contribution in [0.25, 0.3) is 0 Å². The van der Waals surface area contributed by atoms with E-state index in [0.29, 0.717) is 10.9 Å². The first-order chi connectivity index (χ1) is 5.15. The molecule has 0 aromatic heterocycles. The Balaban J connectivity index is 3.25. The smallest absolute Gasteiger partial charge is 0.125 e. The third-order valence-electron chi connectivity index (χ3n) is 1.24. The summed E-state index contributed by atoms with van der Waals surface area (Å²) in [4.78, 5) is 0. The largest absolute Gasteiger partial charge is 0.207 e. The van der Waals surface area contributed by atoms with Crippen LogP contribution in [0.3, 0.4) is 0 Å². The van der Waals surface area contributed by atoms with Gasteiger partial charge in [-0.15, -0.1) is 11.6 Å². The molecule has 0 amide bonds. The lowest BCUT2D eigenvalue weighted by atomic mass is 10.2. The lowest BCUT2D eigenvalue weighted by molar-refractivity contribution is 0.626. The van der Waals surface area contributed by atoms with Crippen molar-refractivity contribution < 1.29 is 4.39 Å². The molecule has 1 rings (SSSR count). The molecule has 1 aromatic carbocycles. The third kappa shape index (κ3) is 2.20. The highest BCUT2D eigenvalue weighted by Gasteiger charge is 2.05. The molecular weight excluding hydrogens is 301 g/mol. The van der Waals surface area contributed by atoms with E-state index in [-0.39, 0.29) is 5.82 Å². The van der Waals surface area contributed by atoms with Gasteiger partial charge in [-0.05, 0) is 40.3 Å². The SMILES string of the molecule is Fc1cc(Cl)c(CCl)c(I)c1. The van der Waals surface area contributed by atoms with Gasteiger partial charge in [-0.3, -0.25) is 0 Å². The first-order valence-corrected chi connectivity index (χ1v) is 4.83. The summed E-state index contributed by atoms with van der Waals surface area (Å²) in [6.45, 7) is 0. The van der Waals surface area contributed by atoms with Gasteiger partial charge < -0.3 is 0 Å². The molecule has 0 heterocycles. The predicted octanol–water partition coefficient (Wildman–Crippen LogP) is 3.82. The van der Waals surface area contributed by atoms with Gasteiger partial charge in [0, 0.05) is 14.5 Å². The van der Waals surface area contributed by atoms with Crippen molar-refractivity contribution in [1.29, 1.82) is 0 Å². The molecule has 11 heavy (non-hydrogen) atoms. The third-order valence-corrected chi connectivity index (χ3v) is 2.81.